The fourth-order valence-electron chi connectivity index (χ4n) is 2.62. The van der Waals surface area contributed by atoms with E-state index in [1.54, 1.807) is 13.2 Å². The Balaban J connectivity index is 1.54. The predicted octanol–water partition coefficient (Wildman–Crippen LogP) is 1.11. The van der Waals surface area contributed by atoms with Gasteiger partial charge in [-0.2, -0.15) is 0 Å². The second-order valence-electron chi connectivity index (χ2n) is 5.81. The van der Waals surface area contributed by atoms with Crippen molar-refractivity contribution in [3.63, 3.8) is 0 Å². The summed E-state index contributed by atoms with van der Waals surface area (Å²) in [7, 11) is 1.70. The molecule has 1 aromatic carbocycles. The van der Waals surface area contributed by atoms with Crippen molar-refractivity contribution in [2.45, 2.75) is 19.3 Å². The van der Waals surface area contributed by atoms with Crippen LogP contribution in [0.4, 0.5) is 5.69 Å². The summed E-state index contributed by atoms with van der Waals surface area (Å²) in [4.78, 5) is 25.5. The van der Waals surface area contributed by atoms with Crippen LogP contribution in [0.3, 0.4) is 0 Å². The van der Waals surface area contributed by atoms with Crippen molar-refractivity contribution in [1.82, 2.24) is 20.3 Å². The number of anilines is 1. The Hall–Kier alpha value is -3.14. The summed E-state index contributed by atoms with van der Waals surface area (Å²) in [6.07, 6.45) is 4.17. The lowest BCUT2D eigenvalue weighted by Gasteiger charge is -2.26. The van der Waals surface area contributed by atoms with Crippen molar-refractivity contribution in [2.75, 3.05) is 18.0 Å². The molecule has 0 radical (unpaired) electrons. The summed E-state index contributed by atoms with van der Waals surface area (Å²) >= 11 is 0. The molecule has 0 spiro atoms. The average Bonchev–Trinajstić information content (AvgIpc) is 3.06. The average molecular weight is 337 g/mol. The highest BCUT2D eigenvalue weighted by atomic mass is 16.2. The van der Waals surface area contributed by atoms with Gasteiger partial charge in [-0.1, -0.05) is 17.1 Å². The van der Waals surface area contributed by atoms with E-state index in [0.29, 0.717) is 6.42 Å². The Morgan fingerprint density at radius 2 is 2.08 bits per heavy atom. The Labute approximate surface area is 146 Å². The normalized spacial score (nSPS) is 14.0. The van der Waals surface area contributed by atoms with Crippen molar-refractivity contribution in [3.8, 4) is 11.8 Å². The van der Waals surface area contributed by atoms with Crippen LogP contribution in [0.1, 0.15) is 35.3 Å². The van der Waals surface area contributed by atoms with Crippen molar-refractivity contribution in [1.29, 1.82) is 0 Å². The quantitative estimate of drug-likeness (QED) is 0.851. The van der Waals surface area contributed by atoms with Gasteiger partial charge in [0.1, 0.15) is 0 Å². The fourth-order valence-corrected chi connectivity index (χ4v) is 2.62. The molecular weight excluding hydrogens is 318 g/mol. The standard InChI is InChI=1S/C18H19N5O2/c1-22-13-16(20-21-22)18(25)19-11-4-5-14-7-9-15(10-8-14)23-12-3-2-6-17(23)24/h7-10,13H,2-3,6,11-12H2,1H3,(H,19,25). The molecule has 1 saturated heterocycles. The first-order chi connectivity index (χ1) is 12.1. The summed E-state index contributed by atoms with van der Waals surface area (Å²) < 4.78 is 1.47. The zero-order chi connectivity index (χ0) is 17.6. The predicted molar refractivity (Wildman–Crippen MR) is 92.9 cm³/mol. The maximum atomic E-state index is 11.9. The molecule has 3 rings (SSSR count). The van der Waals surface area contributed by atoms with Gasteiger partial charge in [0.25, 0.3) is 5.91 Å². The number of hydrogen-bond acceptors (Lipinski definition) is 4. The minimum absolute atomic E-state index is 0.178. The number of carbonyl (C=O) groups excluding carboxylic acids is 2. The monoisotopic (exact) mass is 337 g/mol. The maximum Gasteiger partial charge on any atom is 0.274 e. The third kappa shape index (κ3) is 4.23. The lowest BCUT2D eigenvalue weighted by Crippen LogP contribution is -2.35. The van der Waals surface area contributed by atoms with Crippen LogP contribution in [0, 0.1) is 11.8 Å². The summed E-state index contributed by atoms with van der Waals surface area (Å²) in [6, 6.07) is 7.58. The number of benzene rings is 1. The van der Waals surface area contributed by atoms with E-state index < -0.39 is 0 Å². The number of hydrogen-bond donors (Lipinski definition) is 1. The Morgan fingerprint density at radius 3 is 2.76 bits per heavy atom. The molecule has 1 aromatic heterocycles. The van der Waals surface area contributed by atoms with Crippen LogP contribution < -0.4 is 10.2 Å². The lowest BCUT2D eigenvalue weighted by molar-refractivity contribution is -0.119. The molecule has 128 valence electrons. The van der Waals surface area contributed by atoms with Gasteiger partial charge in [-0.3, -0.25) is 14.3 Å². The number of piperidine rings is 1. The molecule has 0 atom stereocenters. The molecule has 2 amide bonds. The third-order valence-corrected chi connectivity index (χ3v) is 3.91. The number of amides is 2. The highest BCUT2D eigenvalue weighted by Crippen LogP contribution is 2.20. The van der Waals surface area contributed by atoms with E-state index in [-0.39, 0.29) is 24.1 Å². The molecule has 0 unspecified atom stereocenters. The second-order valence-corrected chi connectivity index (χ2v) is 5.81. The molecule has 1 aliphatic heterocycles. The SMILES string of the molecule is Cn1cc(C(=O)NCC#Cc2ccc(N3CCCCC3=O)cc2)nn1. The van der Waals surface area contributed by atoms with E-state index in [4.69, 9.17) is 0 Å². The highest BCUT2D eigenvalue weighted by molar-refractivity contribution is 5.94. The first kappa shape index (κ1) is 16.7. The summed E-state index contributed by atoms with van der Waals surface area (Å²) in [5.41, 5.74) is 2.01. The molecule has 2 heterocycles. The largest absolute Gasteiger partial charge is 0.340 e. The van der Waals surface area contributed by atoms with Crippen LogP contribution in [-0.4, -0.2) is 39.9 Å². The van der Waals surface area contributed by atoms with Crippen LogP contribution in [0.2, 0.25) is 0 Å². The molecule has 1 aliphatic rings. The van der Waals surface area contributed by atoms with Gasteiger partial charge < -0.3 is 10.2 Å². The lowest BCUT2D eigenvalue weighted by atomic mass is 10.1. The second kappa shape index (κ2) is 7.62. The Kier molecular flexibility index (Phi) is 5.09. The van der Waals surface area contributed by atoms with Crippen molar-refractivity contribution in [3.05, 3.63) is 41.7 Å². The van der Waals surface area contributed by atoms with Gasteiger partial charge in [-0.05, 0) is 37.1 Å². The molecule has 0 saturated carbocycles. The number of rotatable bonds is 3. The Bertz CT molecular complexity index is 829. The first-order valence-corrected chi connectivity index (χ1v) is 8.17. The van der Waals surface area contributed by atoms with Crippen LogP contribution in [0.5, 0.6) is 0 Å². The van der Waals surface area contributed by atoms with Gasteiger partial charge in [0.2, 0.25) is 5.91 Å². The van der Waals surface area contributed by atoms with Crippen molar-refractivity contribution < 1.29 is 9.59 Å². The van der Waals surface area contributed by atoms with Crippen LogP contribution in [0.15, 0.2) is 30.5 Å². The Morgan fingerprint density at radius 1 is 1.28 bits per heavy atom. The molecule has 7 heteroatoms. The van der Waals surface area contributed by atoms with Crippen LogP contribution in [0.25, 0.3) is 0 Å². The van der Waals surface area contributed by atoms with Crippen LogP contribution in [-0.2, 0) is 11.8 Å². The number of aromatic nitrogens is 3. The van der Waals surface area contributed by atoms with E-state index in [0.717, 1.165) is 30.6 Å². The number of carbonyl (C=O) groups is 2. The molecule has 7 nitrogen and oxygen atoms in total. The van der Waals surface area contributed by atoms with Gasteiger partial charge in [0.15, 0.2) is 5.69 Å². The molecule has 0 aliphatic carbocycles. The molecule has 2 aromatic rings. The van der Waals surface area contributed by atoms with Gasteiger partial charge in [0.05, 0.1) is 12.7 Å². The zero-order valence-corrected chi connectivity index (χ0v) is 14.0. The number of nitrogens with zero attached hydrogens (tertiary/aromatic N) is 4. The van der Waals surface area contributed by atoms with E-state index in [1.807, 2.05) is 29.2 Å². The smallest absolute Gasteiger partial charge is 0.274 e. The molecule has 25 heavy (non-hydrogen) atoms. The van der Waals surface area contributed by atoms with Gasteiger partial charge >= 0.3 is 0 Å². The molecule has 0 bridgehead atoms. The minimum Gasteiger partial charge on any atom is -0.340 e. The van der Waals surface area contributed by atoms with E-state index >= 15 is 0 Å². The summed E-state index contributed by atoms with van der Waals surface area (Å²) in [6.45, 7) is 1.00. The van der Waals surface area contributed by atoms with Gasteiger partial charge in [-0.25, -0.2) is 0 Å². The minimum atomic E-state index is -0.304. The number of aryl methyl sites for hydroxylation is 1. The summed E-state index contributed by atoms with van der Waals surface area (Å²) in [5, 5.41) is 10.1. The number of nitrogens with one attached hydrogen (secondary N) is 1. The van der Waals surface area contributed by atoms with Crippen molar-refractivity contribution in [2.24, 2.45) is 7.05 Å². The maximum absolute atomic E-state index is 11.9. The highest BCUT2D eigenvalue weighted by Gasteiger charge is 2.19. The van der Waals surface area contributed by atoms with Crippen molar-refractivity contribution >= 4 is 17.5 Å². The van der Waals surface area contributed by atoms with Crippen LogP contribution >= 0.6 is 0 Å². The topological polar surface area (TPSA) is 80.1 Å². The summed E-state index contributed by atoms with van der Waals surface area (Å²) in [5.74, 6) is 5.76. The van der Waals surface area contributed by atoms with E-state index in [2.05, 4.69) is 27.5 Å². The van der Waals surface area contributed by atoms with Gasteiger partial charge in [0, 0.05) is 31.3 Å². The molecule has 1 fully saturated rings. The third-order valence-electron chi connectivity index (χ3n) is 3.91. The zero-order valence-electron chi connectivity index (χ0n) is 14.0. The first-order valence-electron chi connectivity index (χ1n) is 8.17. The molecule has 1 N–H and O–H groups in total. The fraction of sp³-hybridized carbons (Fsp3) is 0.333. The molecular formula is C18H19N5O2. The van der Waals surface area contributed by atoms with E-state index in [9.17, 15) is 9.59 Å². The van der Waals surface area contributed by atoms with E-state index in [1.165, 1.54) is 4.68 Å². The van der Waals surface area contributed by atoms with Gasteiger partial charge in [-0.15, -0.1) is 5.10 Å².